The summed E-state index contributed by atoms with van der Waals surface area (Å²) in [5, 5.41) is 10.9. The van der Waals surface area contributed by atoms with Gasteiger partial charge in [0.1, 0.15) is 5.56 Å². The average molecular weight is 306 g/mol. The zero-order valence-electron chi connectivity index (χ0n) is 9.17. The first kappa shape index (κ1) is 12.4. The third kappa shape index (κ3) is 2.46. The standard InChI is InChI=1S/C13H8BrNO3/c14-10-6-7-12(15(17)18)11(8-10)13(16)9-4-2-1-3-5-9/h1-8H. The third-order valence-corrected chi connectivity index (χ3v) is 2.93. The number of ketones is 1. The second-order valence-electron chi connectivity index (χ2n) is 3.61. The van der Waals surface area contributed by atoms with Crippen molar-refractivity contribution in [3.63, 3.8) is 0 Å². The average Bonchev–Trinajstić information content (AvgIpc) is 2.38. The van der Waals surface area contributed by atoms with E-state index < -0.39 is 4.92 Å². The van der Waals surface area contributed by atoms with Gasteiger partial charge in [-0.1, -0.05) is 46.3 Å². The van der Waals surface area contributed by atoms with Crippen LogP contribution in [0.25, 0.3) is 0 Å². The van der Waals surface area contributed by atoms with Gasteiger partial charge in [-0.05, 0) is 12.1 Å². The number of nitrogens with zero attached hydrogens (tertiary/aromatic N) is 1. The lowest BCUT2D eigenvalue weighted by Crippen LogP contribution is -2.05. The molecule has 0 saturated carbocycles. The van der Waals surface area contributed by atoms with E-state index in [-0.39, 0.29) is 17.0 Å². The molecule has 0 fully saturated rings. The second-order valence-corrected chi connectivity index (χ2v) is 4.53. The van der Waals surface area contributed by atoms with Crippen molar-refractivity contribution in [1.82, 2.24) is 0 Å². The number of hydrogen-bond acceptors (Lipinski definition) is 3. The van der Waals surface area contributed by atoms with Gasteiger partial charge in [-0.2, -0.15) is 0 Å². The lowest BCUT2D eigenvalue weighted by molar-refractivity contribution is -0.385. The summed E-state index contributed by atoms with van der Waals surface area (Å²) in [5.74, 6) is -0.358. The predicted octanol–water partition coefficient (Wildman–Crippen LogP) is 3.59. The minimum Gasteiger partial charge on any atom is -0.288 e. The van der Waals surface area contributed by atoms with E-state index in [4.69, 9.17) is 0 Å². The van der Waals surface area contributed by atoms with Crippen LogP contribution in [0.5, 0.6) is 0 Å². The van der Waals surface area contributed by atoms with Gasteiger partial charge in [0.05, 0.1) is 4.92 Å². The Morgan fingerprint density at radius 1 is 1.11 bits per heavy atom. The first-order valence-electron chi connectivity index (χ1n) is 5.13. The molecule has 0 unspecified atom stereocenters. The minimum absolute atomic E-state index is 0.0839. The SMILES string of the molecule is O=C(c1ccccc1)c1cc(Br)ccc1[N+](=O)[O-]. The molecule has 90 valence electrons. The fraction of sp³-hybridized carbons (Fsp3) is 0. The Labute approximate surface area is 112 Å². The molecule has 0 N–H and O–H groups in total. The van der Waals surface area contributed by atoms with Gasteiger partial charge < -0.3 is 0 Å². The highest BCUT2D eigenvalue weighted by Crippen LogP contribution is 2.25. The Hall–Kier alpha value is -2.01. The van der Waals surface area contributed by atoms with E-state index >= 15 is 0 Å². The van der Waals surface area contributed by atoms with Gasteiger partial charge in [0.15, 0.2) is 5.78 Å². The molecule has 0 aromatic heterocycles. The maximum atomic E-state index is 12.2. The molecule has 0 bridgehead atoms. The molecule has 0 aliphatic heterocycles. The summed E-state index contributed by atoms with van der Waals surface area (Å²) in [6, 6.07) is 12.8. The van der Waals surface area contributed by atoms with Gasteiger partial charge in [0.2, 0.25) is 0 Å². The highest BCUT2D eigenvalue weighted by atomic mass is 79.9. The van der Waals surface area contributed by atoms with Crippen molar-refractivity contribution < 1.29 is 9.72 Å². The van der Waals surface area contributed by atoms with Crippen molar-refractivity contribution in [2.45, 2.75) is 0 Å². The Morgan fingerprint density at radius 3 is 2.39 bits per heavy atom. The summed E-state index contributed by atoms with van der Waals surface area (Å²) in [6.45, 7) is 0. The zero-order chi connectivity index (χ0) is 13.1. The lowest BCUT2D eigenvalue weighted by Gasteiger charge is -2.03. The van der Waals surface area contributed by atoms with Gasteiger partial charge in [0.25, 0.3) is 5.69 Å². The number of halogens is 1. The third-order valence-electron chi connectivity index (χ3n) is 2.44. The van der Waals surface area contributed by atoms with Crippen LogP contribution in [-0.2, 0) is 0 Å². The van der Waals surface area contributed by atoms with E-state index in [0.717, 1.165) is 0 Å². The van der Waals surface area contributed by atoms with E-state index in [1.54, 1.807) is 36.4 Å². The molecule has 18 heavy (non-hydrogen) atoms. The minimum atomic E-state index is -0.553. The highest BCUT2D eigenvalue weighted by molar-refractivity contribution is 9.10. The van der Waals surface area contributed by atoms with Crippen LogP contribution >= 0.6 is 15.9 Å². The highest BCUT2D eigenvalue weighted by Gasteiger charge is 2.21. The largest absolute Gasteiger partial charge is 0.288 e. The van der Waals surface area contributed by atoms with Crippen LogP contribution in [0.4, 0.5) is 5.69 Å². The molecular weight excluding hydrogens is 298 g/mol. The van der Waals surface area contributed by atoms with Crippen molar-refractivity contribution >= 4 is 27.4 Å². The molecule has 0 amide bonds. The topological polar surface area (TPSA) is 60.2 Å². The fourth-order valence-corrected chi connectivity index (χ4v) is 1.96. The zero-order valence-corrected chi connectivity index (χ0v) is 10.8. The maximum absolute atomic E-state index is 12.2. The van der Waals surface area contributed by atoms with Crippen molar-refractivity contribution in [3.8, 4) is 0 Å². The van der Waals surface area contributed by atoms with E-state index in [0.29, 0.717) is 10.0 Å². The number of nitro groups is 1. The Bertz CT molecular complexity index is 611. The van der Waals surface area contributed by atoms with Crippen molar-refractivity contribution in [2.24, 2.45) is 0 Å². The number of hydrogen-bond donors (Lipinski definition) is 0. The number of nitro benzene ring substituents is 1. The number of rotatable bonds is 3. The maximum Gasteiger partial charge on any atom is 0.280 e. The van der Waals surface area contributed by atoms with Gasteiger partial charge in [0, 0.05) is 16.1 Å². The first-order valence-corrected chi connectivity index (χ1v) is 5.92. The van der Waals surface area contributed by atoms with E-state index in [1.165, 1.54) is 12.1 Å². The summed E-state index contributed by atoms with van der Waals surface area (Å²) in [7, 11) is 0. The van der Waals surface area contributed by atoms with Crippen LogP contribution in [-0.4, -0.2) is 10.7 Å². The first-order chi connectivity index (χ1) is 8.59. The van der Waals surface area contributed by atoms with Gasteiger partial charge in [-0.25, -0.2) is 0 Å². The molecule has 2 rings (SSSR count). The molecule has 0 heterocycles. The Balaban J connectivity index is 2.54. The number of benzene rings is 2. The number of carbonyl (C=O) groups excluding carboxylic acids is 1. The van der Waals surface area contributed by atoms with Gasteiger partial charge in [-0.15, -0.1) is 0 Å². The Morgan fingerprint density at radius 2 is 1.78 bits per heavy atom. The smallest absolute Gasteiger partial charge is 0.280 e. The molecule has 0 aliphatic carbocycles. The van der Waals surface area contributed by atoms with Crippen LogP contribution in [0.3, 0.4) is 0 Å². The summed E-state index contributed by atoms with van der Waals surface area (Å²) in [4.78, 5) is 22.6. The molecule has 0 atom stereocenters. The quantitative estimate of drug-likeness (QED) is 0.494. The van der Waals surface area contributed by atoms with E-state index in [9.17, 15) is 14.9 Å². The molecule has 0 spiro atoms. The van der Waals surface area contributed by atoms with Crippen molar-refractivity contribution in [3.05, 3.63) is 74.2 Å². The van der Waals surface area contributed by atoms with Crippen molar-refractivity contribution in [2.75, 3.05) is 0 Å². The van der Waals surface area contributed by atoms with Crippen LogP contribution in [0.1, 0.15) is 15.9 Å². The van der Waals surface area contributed by atoms with Crippen LogP contribution in [0, 0.1) is 10.1 Å². The van der Waals surface area contributed by atoms with Crippen LogP contribution in [0.2, 0.25) is 0 Å². The molecule has 0 aliphatic rings. The second kappa shape index (κ2) is 5.10. The lowest BCUT2D eigenvalue weighted by atomic mass is 10.0. The molecule has 5 heteroatoms. The molecule has 4 nitrogen and oxygen atoms in total. The summed E-state index contributed by atoms with van der Waals surface area (Å²) < 4.78 is 0.632. The summed E-state index contributed by atoms with van der Waals surface area (Å²) >= 11 is 3.21. The van der Waals surface area contributed by atoms with Crippen molar-refractivity contribution in [1.29, 1.82) is 0 Å². The Kier molecular flexibility index (Phi) is 3.53. The summed E-state index contributed by atoms with van der Waals surface area (Å²) in [6.07, 6.45) is 0. The van der Waals surface area contributed by atoms with Gasteiger partial charge >= 0.3 is 0 Å². The monoisotopic (exact) mass is 305 g/mol. The molecule has 2 aromatic carbocycles. The summed E-state index contributed by atoms with van der Waals surface area (Å²) in [5.41, 5.74) is 0.325. The van der Waals surface area contributed by atoms with Gasteiger partial charge in [-0.3, -0.25) is 14.9 Å². The normalized spacial score (nSPS) is 10.1. The van der Waals surface area contributed by atoms with Crippen LogP contribution < -0.4 is 0 Å². The predicted molar refractivity (Wildman–Crippen MR) is 70.7 cm³/mol. The molecule has 0 radical (unpaired) electrons. The van der Waals surface area contributed by atoms with Crippen LogP contribution in [0.15, 0.2) is 53.0 Å². The molecular formula is C13H8BrNO3. The van der Waals surface area contributed by atoms with E-state index in [1.807, 2.05) is 0 Å². The fourth-order valence-electron chi connectivity index (χ4n) is 1.59. The van der Waals surface area contributed by atoms with E-state index in [2.05, 4.69) is 15.9 Å². The molecule has 2 aromatic rings. The number of carbonyl (C=O) groups is 1. The molecule has 0 saturated heterocycles.